The number of phenols is 1. The van der Waals surface area contributed by atoms with Crippen molar-refractivity contribution in [3.05, 3.63) is 45.7 Å². The van der Waals surface area contributed by atoms with E-state index in [0.29, 0.717) is 5.56 Å². The van der Waals surface area contributed by atoms with E-state index in [0.717, 1.165) is 17.5 Å². The average Bonchev–Trinajstić information content (AvgIpc) is 2.87. The maximum Gasteiger partial charge on any atom is 0.131 e. The number of phenolic OH excluding ortho intramolecular Hbond substituents is 1. The maximum atomic E-state index is 13.8. The Bertz CT molecular complexity index is 585. The maximum absolute atomic E-state index is 13.8. The summed E-state index contributed by atoms with van der Waals surface area (Å²) in [6, 6.07) is 4.15. The predicted molar refractivity (Wildman–Crippen MR) is 79.5 cm³/mol. The molecule has 0 spiro atoms. The number of nitrogens with one attached hydrogen (secondary N) is 1. The van der Waals surface area contributed by atoms with Crippen molar-refractivity contribution in [3.8, 4) is 5.75 Å². The monoisotopic (exact) mass is 294 g/mol. The number of aromatic nitrogens is 1. The molecule has 0 radical (unpaired) electrons. The van der Waals surface area contributed by atoms with Crippen LogP contribution in [0.3, 0.4) is 0 Å². The molecule has 2 atom stereocenters. The first-order chi connectivity index (χ1) is 9.51. The van der Waals surface area contributed by atoms with Crippen LogP contribution in [-0.4, -0.2) is 10.1 Å². The van der Waals surface area contributed by atoms with Gasteiger partial charge in [0, 0.05) is 28.7 Å². The van der Waals surface area contributed by atoms with Crippen molar-refractivity contribution in [3.63, 3.8) is 0 Å². The minimum atomic E-state index is -0.398. The van der Waals surface area contributed by atoms with Gasteiger partial charge in [-0.2, -0.15) is 0 Å². The van der Waals surface area contributed by atoms with Crippen LogP contribution in [0, 0.1) is 5.82 Å². The number of rotatable bonds is 5. The van der Waals surface area contributed by atoms with Crippen LogP contribution in [0.25, 0.3) is 0 Å². The Balaban J connectivity index is 2.08. The molecule has 0 amide bonds. The quantitative estimate of drug-likeness (QED) is 0.877. The number of halogens is 1. The second-order valence-corrected chi connectivity index (χ2v) is 5.98. The number of aromatic hydroxyl groups is 1. The van der Waals surface area contributed by atoms with Gasteiger partial charge in [0.15, 0.2) is 0 Å². The fourth-order valence-corrected chi connectivity index (χ4v) is 2.96. The molecule has 1 heterocycles. The molecule has 2 unspecified atom stereocenters. The molecule has 1 aromatic carbocycles. The number of hydrogen-bond acceptors (Lipinski definition) is 4. The van der Waals surface area contributed by atoms with E-state index in [-0.39, 0.29) is 17.8 Å². The normalized spacial score (nSPS) is 14.2. The highest BCUT2D eigenvalue weighted by Crippen LogP contribution is 2.26. The van der Waals surface area contributed by atoms with Crippen LogP contribution in [0.5, 0.6) is 5.75 Å². The van der Waals surface area contributed by atoms with E-state index >= 15 is 0 Å². The first-order valence-electron chi connectivity index (χ1n) is 6.70. The Hall–Kier alpha value is -1.46. The molecular formula is C15H19FN2OS. The molecule has 0 saturated heterocycles. The largest absolute Gasteiger partial charge is 0.508 e. The average molecular weight is 294 g/mol. The van der Waals surface area contributed by atoms with Crippen LogP contribution in [0.2, 0.25) is 0 Å². The SMILES string of the molecule is CCc1cnc(C(C)NC(C)c2ccc(O)cc2F)s1. The number of nitrogens with zero attached hydrogens (tertiary/aromatic N) is 1. The van der Waals surface area contributed by atoms with Crippen molar-refractivity contribution in [1.82, 2.24) is 10.3 Å². The van der Waals surface area contributed by atoms with Gasteiger partial charge in [0.1, 0.15) is 16.6 Å². The molecule has 0 aliphatic carbocycles. The molecule has 3 nitrogen and oxygen atoms in total. The Morgan fingerprint density at radius 2 is 2.10 bits per heavy atom. The van der Waals surface area contributed by atoms with Crippen molar-refractivity contribution < 1.29 is 9.50 Å². The van der Waals surface area contributed by atoms with E-state index in [1.54, 1.807) is 17.4 Å². The Kier molecular flexibility index (Phi) is 4.73. The molecule has 0 aliphatic heterocycles. The third-order valence-electron chi connectivity index (χ3n) is 3.24. The second-order valence-electron chi connectivity index (χ2n) is 4.83. The van der Waals surface area contributed by atoms with E-state index in [4.69, 9.17) is 0 Å². The van der Waals surface area contributed by atoms with Gasteiger partial charge in [0.05, 0.1) is 6.04 Å². The van der Waals surface area contributed by atoms with Gasteiger partial charge in [0.2, 0.25) is 0 Å². The Morgan fingerprint density at radius 1 is 1.35 bits per heavy atom. The van der Waals surface area contributed by atoms with Gasteiger partial charge >= 0.3 is 0 Å². The standard InChI is InChI=1S/C15H19FN2OS/c1-4-12-8-17-15(20-12)10(3)18-9(2)13-6-5-11(19)7-14(13)16/h5-10,18-19H,4H2,1-3H3. The third-order valence-corrected chi connectivity index (χ3v) is 4.57. The number of hydrogen-bond donors (Lipinski definition) is 2. The minimum absolute atomic E-state index is 0.0565. The lowest BCUT2D eigenvalue weighted by Crippen LogP contribution is -2.23. The molecule has 108 valence electrons. The molecule has 1 aromatic heterocycles. The van der Waals surface area contributed by atoms with Crippen LogP contribution < -0.4 is 5.32 Å². The minimum Gasteiger partial charge on any atom is -0.508 e. The van der Waals surface area contributed by atoms with E-state index in [1.807, 2.05) is 20.0 Å². The van der Waals surface area contributed by atoms with Crippen LogP contribution in [0.1, 0.15) is 48.3 Å². The molecule has 2 rings (SSSR count). The number of benzene rings is 1. The van der Waals surface area contributed by atoms with Gasteiger partial charge in [0.25, 0.3) is 0 Å². The van der Waals surface area contributed by atoms with Crippen molar-refractivity contribution in [2.45, 2.75) is 39.3 Å². The zero-order chi connectivity index (χ0) is 14.7. The summed E-state index contributed by atoms with van der Waals surface area (Å²) in [7, 11) is 0. The predicted octanol–water partition coefficient (Wildman–Crippen LogP) is 3.96. The fourth-order valence-electron chi connectivity index (χ4n) is 2.09. The van der Waals surface area contributed by atoms with Gasteiger partial charge in [-0.3, -0.25) is 0 Å². The van der Waals surface area contributed by atoms with Crippen LogP contribution in [0.4, 0.5) is 4.39 Å². The van der Waals surface area contributed by atoms with E-state index in [1.165, 1.54) is 10.9 Å². The molecule has 5 heteroatoms. The van der Waals surface area contributed by atoms with Crippen LogP contribution >= 0.6 is 11.3 Å². The summed E-state index contributed by atoms with van der Waals surface area (Å²) in [5.74, 6) is -0.454. The summed E-state index contributed by atoms with van der Waals surface area (Å²) in [4.78, 5) is 5.64. The zero-order valence-electron chi connectivity index (χ0n) is 11.9. The third kappa shape index (κ3) is 3.35. The van der Waals surface area contributed by atoms with E-state index < -0.39 is 5.82 Å². The summed E-state index contributed by atoms with van der Waals surface area (Å²) in [6.07, 6.45) is 2.87. The summed E-state index contributed by atoms with van der Waals surface area (Å²) < 4.78 is 13.8. The van der Waals surface area contributed by atoms with Crippen LogP contribution in [0.15, 0.2) is 24.4 Å². The summed E-state index contributed by atoms with van der Waals surface area (Å²) in [5, 5.41) is 13.6. The molecule has 0 bridgehead atoms. The van der Waals surface area contributed by atoms with Gasteiger partial charge < -0.3 is 10.4 Å². The molecule has 20 heavy (non-hydrogen) atoms. The molecule has 0 saturated carbocycles. The van der Waals surface area contributed by atoms with Crippen molar-refractivity contribution in [2.24, 2.45) is 0 Å². The van der Waals surface area contributed by atoms with E-state index in [2.05, 4.69) is 17.2 Å². The highest BCUT2D eigenvalue weighted by atomic mass is 32.1. The number of thiazole rings is 1. The second kappa shape index (κ2) is 6.33. The number of aryl methyl sites for hydroxylation is 1. The van der Waals surface area contributed by atoms with Gasteiger partial charge in [-0.15, -0.1) is 11.3 Å². The molecule has 0 fully saturated rings. The van der Waals surface area contributed by atoms with Crippen molar-refractivity contribution >= 4 is 11.3 Å². The lowest BCUT2D eigenvalue weighted by atomic mass is 10.1. The molecule has 2 N–H and O–H groups in total. The first-order valence-corrected chi connectivity index (χ1v) is 7.52. The highest BCUT2D eigenvalue weighted by molar-refractivity contribution is 7.11. The summed E-state index contributed by atoms with van der Waals surface area (Å²) in [5.41, 5.74) is 0.543. The Labute approximate surface area is 122 Å². The fraction of sp³-hybridized carbons (Fsp3) is 0.400. The smallest absolute Gasteiger partial charge is 0.131 e. The highest BCUT2D eigenvalue weighted by Gasteiger charge is 2.16. The first kappa shape index (κ1) is 14.9. The lowest BCUT2D eigenvalue weighted by molar-refractivity contribution is 0.454. The van der Waals surface area contributed by atoms with Gasteiger partial charge in [-0.1, -0.05) is 13.0 Å². The molecular weight excluding hydrogens is 275 g/mol. The Morgan fingerprint density at radius 3 is 2.70 bits per heavy atom. The summed E-state index contributed by atoms with van der Waals surface area (Å²) >= 11 is 1.68. The topological polar surface area (TPSA) is 45.2 Å². The lowest BCUT2D eigenvalue weighted by Gasteiger charge is -2.19. The zero-order valence-corrected chi connectivity index (χ0v) is 12.7. The summed E-state index contributed by atoms with van der Waals surface area (Å²) in [6.45, 7) is 6.03. The van der Waals surface area contributed by atoms with Gasteiger partial charge in [-0.25, -0.2) is 9.37 Å². The van der Waals surface area contributed by atoms with Crippen LogP contribution in [-0.2, 0) is 6.42 Å². The van der Waals surface area contributed by atoms with Crippen molar-refractivity contribution in [1.29, 1.82) is 0 Å². The van der Waals surface area contributed by atoms with Crippen molar-refractivity contribution in [2.75, 3.05) is 0 Å². The van der Waals surface area contributed by atoms with E-state index in [9.17, 15) is 9.50 Å². The molecule has 0 aliphatic rings. The van der Waals surface area contributed by atoms with Gasteiger partial charge in [-0.05, 0) is 26.3 Å². The molecule has 2 aromatic rings.